The third kappa shape index (κ3) is 3.64. The molecule has 142 valence electrons. The highest BCUT2D eigenvalue weighted by Crippen LogP contribution is 2.33. The standard InChI is InChI=1S/C19H14Cl2N4O3/c20-11-3-1-10-2-5-13(14(10)7-11)17-24-19(28-25-17)16(9-26)23-18(27)15-6-4-12(21)8-22-15/h1,3-8,16,26H,2,9H2,(H,23,27)/t16-/m0/s1. The van der Waals surface area contributed by atoms with Gasteiger partial charge in [0.2, 0.25) is 5.82 Å². The normalized spacial score (nSPS) is 13.8. The monoisotopic (exact) mass is 416 g/mol. The Bertz CT molecular complexity index is 1060. The zero-order valence-corrected chi connectivity index (χ0v) is 15.9. The van der Waals surface area contributed by atoms with Gasteiger partial charge in [-0.25, -0.2) is 4.98 Å². The number of rotatable bonds is 5. The van der Waals surface area contributed by atoms with Crippen LogP contribution >= 0.6 is 23.2 Å². The summed E-state index contributed by atoms with van der Waals surface area (Å²) < 4.78 is 5.28. The van der Waals surface area contributed by atoms with Crippen LogP contribution in [0.4, 0.5) is 0 Å². The predicted molar refractivity (Wildman–Crippen MR) is 103 cm³/mol. The summed E-state index contributed by atoms with van der Waals surface area (Å²) in [6, 6.07) is 7.81. The number of hydrogen-bond acceptors (Lipinski definition) is 6. The van der Waals surface area contributed by atoms with Gasteiger partial charge in [0.15, 0.2) is 0 Å². The lowest BCUT2D eigenvalue weighted by atomic mass is 10.1. The van der Waals surface area contributed by atoms with Gasteiger partial charge in [0.1, 0.15) is 11.7 Å². The highest BCUT2D eigenvalue weighted by molar-refractivity contribution is 6.31. The Balaban J connectivity index is 1.54. The first-order chi connectivity index (χ1) is 13.5. The third-order valence-corrected chi connectivity index (χ3v) is 4.78. The average molecular weight is 417 g/mol. The molecule has 1 aromatic carbocycles. The molecule has 28 heavy (non-hydrogen) atoms. The van der Waals surface area contributed by atoms with E-state index >= 15 is 0 Å². The van der Waals surface area contributed by atoms with E-state index in [9.17, 15) is 9.90 Å². The van der Waals surface area contributed by atoms with Crippen molar-refractivity contribution in [3.8, 4) is 0 Å². The maximum absolute atomic E-state index is 12.3. The van der Waals surface area contributed by atoms with Crippen molar-refractivity contribution in [2.24, 2.45) is 0 Å². The number of aromatic nitrogens is 3. The molecule has 1 aliphatic rings. The summed E-state index contributed by atoms with van der Waals surface area (Å²) in [5, 5.41) is 17.3. The topological polar surface area (TPSA) is 101 Å². The van der Waals surface area contributed by atoms with Crippen molar-refractivity contribution in [2.75, 3.05) is 6.61 Å². The molecule has 0 unspecified atom stereocenters. The Morgan fingerprint density at radius 2 is 2.07 bits per heavy atom. The molecular weight excluding hydrogens is 403 g/mol. The molecule has 1 amide bonds. The van der Waals surface area contributed by atoms with Crippen LogP contribution in [0.5, 0.6) is 0 Å². The fraction of sp³-hybridized carbons (Fsp3) is 0.158. The maximum Gasteiger partial charge on any atom is 0.270 e. The van der Waals surface area contributed by atoms with Crippen LogP contribution in [0.25, 0.3) is 5.57 Å². The van der Waals surface area contributed by atoms with Crippen LogP contribution in [-0.4, -0.2) is 32.7 Å². The van der Waals surface area contributed by atoms with Gasteiger partial charge in [0.05, 0.1) is 11.6 Å². The first-order valence-electron chi connectivity index (χ1n) is 8.41. The predicted octanol–water partition coefficient (Wildman–Crippen LogP) is 3.22. The number of hydrogen-bond donors (Lipinski definition) is 2. The van der Waals surface area contributed by atoms with E-state index in [0.717, 1.165) is 23.1 Å². The highest BCUT2D eigenvalue weighted by atomic mass is 35.5. The lowest BCUT2D eigenvalue weighted by Gasteiger charge is -2.11. The molecule has 9 heteroatoms. The Morgan fingerprint density at radius 3 is 2.82 bits per heavy atom. The van der Waals surface area contributed by atoms with Gasteiger partial charge >= 0.3 is 0 Å². The van der Waals surface area contributed by atoms with Crippen LogP contribution in [-0.2, 0) is 6.42 Å². The number of amides is 1. The van der Waals surface area contributed by atoms with Crippen molar-refractivity contribution in [3.63, 3.8) is 0 Å². The van der Waals surface area contributed by atoms with E-state index in [1.807, 2.05) is 24.3 Å². The van der Waals surface area contributed by atoms with E-state index in [1.54, 1.807) is 6.07 Å². The van der Waals surface area contributed by atoms with E-state index in [-0.39, 0.29) is 11.6 Å². The lowest BCUT2D eigenvalue weighted by molar-refractivity contribution is 0.0896. The minimum absolute atomic E-state index is 0.0937. The molecule has 2 N–H and O–H groups in total. The number of halogens is 2. The molecule has 0 aliphatic heterocycles. The SMILES string of the molecule is O=C(N[C@@H](CO)c1nc(C2=CCc3ccc(Cl)cc32)no1)c1ccc(Cl)cn1. The van der Waals surface area contributed by atoms with E-state index < -0.39 is 18.6 Å². The number of pyridine rings is 1. The van der Waals surface area contributed by atoms with Crippen molar-refractivity contribution in [3.05, 3.63) is 81.2 Å². The summed E-state index contributed by atoms with van der Waals surface area (Å²) in [6.45, 7) is -0.414. The van der Waals surface area contributed by atoms with Crippen molar-refractivity contribution in [2.45, 2.75) is 12.5 Å². The minimum atomic E-state index is -0.868. The van der Waals surface area contributed by atoms with Crippen molar-refractivity contribution < 1.29 is 14.4 Å². The maximum atomic E-state index is 12.3. The number of carbonyl (C=O) groups excluding carboxylic acids is 1. The van der Waals surface area contributed by atoms with Gasteiger partial charge < -0.3 is 14.9 Å². The number of nitrogens with one attached hydrogen (secondary N) is 1. The van der Waals surface area contributed by atoms with Crippen LogP contribution in [0.3, 0.4) is 0 Å². The second-order valence-electron chi connectivity index (χ2n) is 6.15. The van der Waals surface area contributed by atoms with Gasteiger partial charge in [0.25, 0.3) is 11.8 Å². The van der Waals surface area contributed by atoms with E-state index in [1.165, 1.54) is 12.3 Å². The smallest absolute Gasteiger partial charge is 0.270 e. The molecule has 7 nitrogen and oxygen atoms in total. The lowest BCUT2D eigenvalue weighted by Crippen LogP contribution is -2.31. The molecule has 1 atom stereocenters. The van der Waals surface area contributed by atoms with Crippen molar-refractivity contribution in [1.29, 1.82) is 0 Å². The molecule has 0 spiro atoms. The molecule has 1 aliphatic carbocycles. The van der Waals surface area contributed by atoms with Crippen LogP contribution in [0.1, 0.15) is 39.4 Å². The molecule has 2 aromatic heterocycles. The van der Waals surface area contributed by atoms with Gasteiger partial charge in [-0.15, -0.1) is 0 Å². The van der Waals surface area contributed by atoms with Crippen molar-refractivity contribution >= 4 is 34.7 Å². The Hall–Kier alpha value is -2.74. The summed E-state index contributed by atoms with van der Waals surface area (Å²) in [5.41, 5.74) is 3.01. The second-order valence-corrected chi connectivity index (χ2v) is 7.02. The fourth-order valence-electron chi connectivity index (χ4n) is 2.93. The van der Waals surface area contributed by atoms with Gasteiger partial charge in [-0.05, 0) is 41.8 Å². The molecule has 3 aromatic rings. The number of aliphatic hydroxyl groups is 1. The molecule has 2 heterocycles. The largest absolute Gasteiger partial charge is 0.394 e. The first-order valence-corrected chi connectivity index (χ1v) is 9.17. The molecule has 0 radical (unpaired) electrons. The Kier molecular flexibility index (Phi) is 5.13. The highest BCUT2D eigenvalue weighted by Gasteiger charge is 2.25. The number of aliphatic hydroxyl groups excluding tert-OH is 1. The van der Waals surface area contributed by atoms with Crippen molar-refractivity contribution in [1.82, 2.24) is 20.4 Å². The Morgan fingerprint density at radius 1 is 1.25 bits per heavy atom. The molecule has 4 rings (SSSR count). The molecule has 0 fully saturated rings. The number of benzene rings is 1. The summed E-state index contributed by atoms with van der Waals surface area (Å²) in [6.07, 6.45) is 4.10. The summed E-state index contributed by atoms with van der Waals surface area (Å²) in [5.74, 6) is -0.0304. The number of allylic oxidation sites excluding steroid dienone is 1. The summed E-state index contributed by atoms with van der Waals surface area (Å²) >= 11 is 11.9. The van der Waals surface area contributed by atoms with Gasteiger partial charge in [-0.2, -0.15) is 4.98 Å². The molecule has 0 saturated carbocycles. The number of nitrogens with zero attached hydrogens (tertiary/aromatic N) is 3. The van der Waals surface area contributed by atoms with Gasteiger partial charge in [0, 0.05) is 16.8 Å². The molecule has 0 saturated heterocycles. The van der Waals surface area contributed by atoms with Gasteiger partial charge in [-0.3, -0.25) is 4.79 Å². The van der Waals surface area contributed by atoms with E-state index in [2.05, 4.69) is 20.4 Å². The van der Waals surface area contributed by atoms with Crippen LogP contribution in [0, 0.1) is 0 Å². The molecular formula is C19H14Cl2N4O3. The Labute approximate surface area is 170 Å². The second kappa shape index (κ2) is 7.71. The van der Waals surface area contributed by atoms with E-state index in [0.29, 0.717) is 15.9 Å². The average Bonchev–Trinajstić information content (AvgIpc) is 3.33. The summed E-state index contributed by atoms with van der Waals surface area (Å²) in [4.78, 5) is 20.6. The van der Waals surface area contributed by atoms with Crippen LogP contribution in [0.15, 0.2) is 47.1 Å². The number of carbonyl (C=O) groups is 1. The zero-order chi connectivity index (χ0) is 19.7. The first kappa shape index (κ1) is 18.6. The molecule has 0 bridgehead atoms. The quantitative estimate of drug-likeness (QED) is 0.661. The van der Waals surface area contributed by atoms with Gasteiger partial charge in [-0.1, -0.05) is 40.5 Å². The zero-order valence-electron chi connectivity index (χ0n) is 14.4. The van der Waals surface area contributed by atoms with E-state index in [4.69, 9.17) is 27.7 Å². The fourth-order valence-corrected chi connectivity index (χ4v) is 3.21. The minimum Gasteiger partial charge on any atom is -0.394 e. The number of fused-ring (bicyclic) bond motifs is 1. The van der Waals surface area contributed by atoms with Crippen LogP contribution in [0.2, 0.25) is 10.0 Å². The van der Waals surface area contributed by atoms with Crippen LogP contribution < -0.4 is 5.32 Å². The summed E-state index contributed by atoms with van der Waals surface area (Å²) in [7, 11) is 0. The third-order valence-electron chi connectivity index (χ3n) is 4.32.